The third-order valence-electron chi connectivity index (χ3n) is 5.92. The Balaban J connectivity index is 1.48. The topological polar surface area (TPSA) is 52.6 Å². The molecule has 2 aliphatic rings. The van der Waals surface area contributed by atoms with Gasteiger partial charge in [-0.3, -0.25) is 9.69 Å². The SMILES string of the molecule is CC(C)(CCNC1CCC2CN(Cc3ccccc3)CC21)C(=O)O. The second-order valence-electron chi connectivity index (χ2n) is 8.18. The van der Waals surface area contributed by atoms with Crippen LogP contribution in [0.1, 0.15) is 38.7 Å². The number of nitrogens with zero attached hydrogens (tertiary/aromatic N) is 1. The number of nitrogens with one attached hydrogen (secondary N) is 1. The minimum Gasteiger partial charge on any atom is -0.481 e. The lowest BCUT2D eigenvalue weighted by Gasteiger charge is -2.24. The molecule has 4 nitrogen and oxygen atoms in total. The molecule has 0 radical (unpaired) electrons. The average molecular weight is 330 g/mol. The van der Waals surface area contributed by atoms with Crippen LogP contribution in [0.5, 0.6) is 0 Å². The van der Waals surface area contributed by atoms with Crippen LogP contribution >= 0.6 is 0 Å². The van der Waals surface area contributed by atoms with Gasteiger partial charge >= 0.3 is 5.97 Å². The number of likely N-dealkylation sites (tertiary alicyclic amines) is 1. The number of hydrogen-bond acceptors (Lipinski definition) is 3. The molecule has 1 saturated carbocycles. The smallest absolute Gasteiger partial charge is 0.309 e. The van der Waals surface area contributed by atoms with Gasteiger partial charge in [-0.25, -0.2) is 0 Å². The van der Waals surface area contributed by atoms with E-state index in [1.54, 1.807) is 0 Å². The fraction of sp³-hybridized carbons (Fsp3) is 0.650. The maximum absolute atomic E-state index is 11.2. The first-order valence-corrected chi connectivity index (χ1v) is 9.19. The molecule has 1 saturated heterocycles. The van der Waals surface area contributed by atoms with Crippen molar-refractivity contribution in [3.63, 3.8) is 0 Å². The summed E-state index contributed by atoms with van der Waals surface area (Å²) in [7, 11) is 0. The number of rotatable bonds is 7. The van der Waals surface area contributed by atoms with Gasteiger partial charge < -0.3 is 10.4 Å². The molecule has 0 spiro atoms. The Morgan fingerprint density at radius 2 is 2.00 bits per heavy atom. The lowest BCUT2D eigenvalue weighted by molar-refractivity contribution is -0.147. The fourth-order valence-electron chi connectivity index (χ4n) is 4.26. The van der Waals surface area contributed by atoms with Crippen molar-refractivity contribution in [3.8, 4) is 0 Å². The highest BCUT2D eigenvalue weighted by Crippen LogP contribution is 2.38. The van der Waals surface area contributed by atoms with Gasteiger partial charge in [-0.05, 0) is 57.1 Å². The lowest BCUT2D eigenvalue weighted by Crippen LogP contribution is -2.38. The molecule has 1 heterocycles. The molecule has 0 bridgehead atoms. The number of fused-ring (bicyclic) bond motifs is 1. The summed E-state index contributed by atoms with van der Waals surface area (Å²) in [6, 6.07) is 11.3. The minimum absolute atomic E-state index is 0.556. The molecular formula is C20H30N2O2. The van der Waals surface area contributed by atoms with Crippen LogP contribution in [0.2, 0.25) is 0 Å². The highest BCUT2D eigenvalue weighted by Gasteiger charge is 2.42. The average Bonchev–Trinajstić information content (AvgIpc) is 3.09. The van der Waals surface area contributed by atoms with Gasteiger partial charge in [-0.15, -0.1) is 0 Å². The van der Waals surface area contributed by atoms with Crippen LogP contribution in [-0.4, -0.2) is 41.7 Å². The van der Waals surface area contributed by atoms with E-state index in [1.165, 1.54) is 31.5 Å². The van der Waals surface area contributed by atoms with Crippen LogP contribution in [-0.2, 0) is 11.3 Å². The Morgan fingerprint density at radius 1 is 1.25 bits per heavy atom. The summed E-state index contributed by atoms with van der Waals surface area (Å²) in [5, 5.41) is 12.9. The quantitative estimate of drug-likeness (QED) is 0.807. The summed E-state index contributed by atoms with van der Waals surface area (Å²) in [5.41, 5.74) is 0.755. The number of hydrogen-bond donors (Lipinski definition) is 2. The summed E-state index contributed by atoms with van der Waals surface area (Å²) >= 11 is 0. The number of benzene rings is 1. The molecule has 0 aromatic heterocycles. The molecule has 0 amide bonds. The van der Waals surface area contributed by atoms with Crippen LogP contribution in [0.15, 0.2) is 30.3 Å². The highest BCUT2D eigenvalue weighted by atomic mass is 16.4. The van der Waals surface area contributed by atoms with Crippen LogP contribution < -0.4 is 5.32 Å². The van der Waals surface area contributed by atoms with Crippen molar-refractivity contribution in [2.45, 2.75) is 45.7 Å². The molecule has 1 aliphatic heterocycles. The standard InChI is InChI=1S/C20H30N2O2/c1-20(2,19(23)24)10-11-21-18-9-8-16-13-22(14-17(16)18)12-15-6-4-3-5-7-15/h3-7,16-18,21H,8-14H2,1-2H3,(H,23,24). The summed E-state index contributed by atoms with van der Waals surface area (Å²) in [5.74, 6) is 0.823. The molecule has 1 aliphatic carbocycles. The second-order valence-corrected chi connectivity index (χ2v) is 8.18. The van der Waals surface area contributed by atoms with Gasteiger partial charge in [0.15, 0.2) is 0 Å². The Bertz CT molecular complexity index is 558. The van der Waals surface area contributed by atoms with Crippen molar-refractivity contribution in [1.29, 1.82) is 0 Å². The molecule has 24 heavy (non-hydrogen) atoms. The summed E-state index contributed by atoms with van der Waals surface area (Å²) in [6.07, 6.45) is 3.22. The van der Waals surface area contributed by atoms with Crippen LogP contribution in [0.4, 0.5) is 0 Å². The third-order valence-corrected chi connectivity index (χ3v) is 5.92. The maximum atomic E-state index is 11.2. The van der Waals surface area contributed by atoms with E-state index in [4.69, 9.17) is 0 Å². The highest BCUT2D eigenvalue weighted by molar-refractivity contribution is 5.73. The molecule has 1 aromatic rings. The Kier molecular flexibility index (Phi) is 5.26. The molecule has 3 unspecified atom stereocenters. The van der Waals surface area contributed by atoms with E-state index in [0.29, 0.717) is 12.5 Å². The first-order valence-electron chi connectivity index (χ1n) is 9.19. The van der Waals surface area contributed by atoms with Crippen LogP contribution in [0.3, 0.4) is 0 Å². The van der Waals surface area contributed by atoms with E-state index < -0.39 is 11.4 Å². The van der Waals surface area contributed by atoms with Crippen molar-refractivity contribution >= 4 is 5.97 Å². The number of carboxylic acids is 1. The van der Waals surface area contributed by atoms with E-state index in [0.717, 1.165) is 24.9 Å². The molecule has 1 aromatic carbocycles. The lowest BCUT2D eigenvalue weighted by atomic mass is 9.89. The van der Waals surface area contributed by atoms with Gasteiger partial charge in [-0.2, -0.15) is 0 Å². The second kappa shape index (κ2) is 7.24. The summed E-state index contributed by atoms with van der Waals surface area (Å²) in [6.45, 7) is 7.84. The van der Waals surface area contributed by atoms with Gasteiger partial charge in [0.2, 0.25) is 0 Å². The zero-order valence-electron chi connectivity index (χ0n) is 14.9. The number of carbonyl (C=O) groups is 1. The van der Waals surface area contributed by atoms with Crippen LogP contribution in [0, 0.1) is 17.3 Å². The fourth-order valence-corrected chi connectivity index (χ4v) is 4.26. The molecule has 4 heteroatoms. The van der Waals surface area contributed by atoms with E-state index in [-0.39, 0.29) is 0 Å². The normalized spacial score (nSPS) is 27.3. The molecular weight excluding hydrogens is 300 g/mol. The number of carboxylic acid groups (broad SMARTS) is 1. The van der Waals surface area contributed by atoms with Crippen molar-refractivity contribution < 1.29 is 9.90 Å². The van der Waals surface area contributed by atoms with Crippen molar-refractivity contribution in [2.75, 3.05) is 19.6 Å². The maximum Gasteiger partial charge on any atom is 0.309 e. The van der Waals surface area contributed by atoms with Crippen molar-refractivity contribution in [2.24, 2.45) is 17.3 Å². The monoisotopic (exact) mass is 330 g/mol. The van der Waals surface area contributed by atoms with E-state index in [2.05, 4.69) is 40.5 Å². The third kappa shape index (κ3) is 3.98. The Morgan fingerprint density at radius 3 is 2.71 bits per heavy atom. The molecule has 3 rings (SSSR count). The zero-order chi connectivity index (χ0) is 17.2. The van der Waals surface area contributed by atoms with E-state index in [1.807, 2.05) is 13.8 Å². The summed E-state index contributed by atoms with van der Waals surface area (Å²) < 4.78 is 0. The van der Waals surface area contributed by atoms with E-state index in [9.17, 15) is 9.90 Å². The van der Waals surface area contributed by atoms with Crippen LogP contribution in [0.25, 0.3) is 0 Å². The van der Waals surface area contributed by atoms with Crippen molar-refractivity contribution in [1.82, 2.24) is 10.2 Å². The van der Waals surface area contributed by atoms with E-state index >= 15 is 0 Å². The predicted octanol–water partition coefficient (Wildman–Crippen LogP) is 2.99. The first-order chi connectivity index (χ1) is 11.5. The first kappa shape index (κ1) is 17.4. The molecule has 2 fully saturated rings. The Labute approximate surface area is 145 Å². The molecule has 2 N–H and O–H groups in total. The van der Waals surface area contributed by atoms with Gasteiger partial charge in [0.25, 0.3) is 0 Å². The molecule has 132 valence electrons. The zero-order valence-corrected chi connectivity index (χ0v) is 14.9. The van der Waals surface area contributed by atoms with Crippen molar-refractivity contribution in [3.05, 3.63) is 35.9 Å². The van der Waals surface area contributed by atoms with Gasteiger partial charge in [0, 0.05) is 25.7 Å². The number of aliphatic carboxylic acids is 1. The largest absolute Gasteiger partial charge is 0.481 e. The van der Waals surface area contributed by atoms with Gasteiger partial charge in [0.1, 0.15) is 0 Å². The Hall–Kier alpha value is -1.39. The van der Waals surface area contributed by atoms with Gasteiger partial charge in [-0.1, -0.05) is 30.3 Å². The van der Waals surface area contributed by atoms with Gasteiger partial charge in [0.05, 0.1) is 5.41 Å². The summed E-state index contributed by atoms with van der Waals surface area (Å²) in [4.78, 5) is 13.8. The predicted molar refractivity (Wildman–Crippen MR) is 95.8 cm³/mol. The minimum atomic E-state index is -0.705. The molecule has 3 atom stereocenters.